The van der Waals surface area contributed by atoms with Crippen molar-refractivity contribution in [2.75, 3.05) is 0 Å². The summed E-state index contributed by atoms with van der Waals surface area (Å²) in [6.07, 6.45) is 0. The van der Waals surface area contributed by atoms with Gasteiger partial charge in [-0.05, 0) is 84.3 Å². The number of fused-ring (bicyclic) bond motifs is 6. The summed E-state index contributed by atoms with van der Waals surface area (Å²) in [6, 6.07) is 45.8. The van der Waals surface area contributed by atoms with Crippen molar-refractivity contribution in [3.8, 4) is 33.8 Å². The van der Waals surface area contributed by atoms with Crippen molar-refractivity contribution in [3.05, 3.63) is 178 Å². The van der Waals surface area contributed by atoms with Gasteiger partial charge in [-0.15, -0.1) is 0 Å². The summed E-state index contributed by atoms with van der Waals surface area (Å²) in [5, 5.41) is 21.0. The summed E-state index contributed by atoms with van der Waals surface area (Å²) >= 11 is 0. The van der Waals surface area contributed by atoms with Crippen molar-refractivity contribution < 1.29 is 36.4 Å². The molecule has 0 atom stereocenters. The van der Waals surface area contributed by atoms with Gasteiger partial charge in [0.1, 0.15) is 11.5 Å². The Morgan fingerprint density at radius 2 is 0.644 bits per heavy atom. The minimum atomic E-state index is -0.316. The summed E-state index contributed by atoms with van der Waals surface area (Å²) < 4.78 is 0. The van der Waals surface area contributed by atoms with Gasteiger partial charge >= 0.3 is 0 Å². The Bertz CT molecular complexity index is 1820. The quantitative estimate of drug-likeness (QED) is 0.194. The fraction of sp³-hybridized carbons (Fsp3) is 0.143. The van der Waals surface area contributed by atoms with E-state index >= 15 is 0 Å². The van der Waals surface area contributed by atoms with Crippen LogP contribution in [0.2, 0.25) is 0 Å². The van der Waals surface area contributed by atoms with Gasteiger partial charge in [-0.25, -0.2) is 0 Å². The van der Waals surface area contributed by atoms with E-state index in [4.69, 9.17) is 0 Å². The number of hydrogen-bond donors (Lipinski definition) is 2. The van der Waals surface area contributed by atoms with Crippen molar-refractivity contribution in [1.82, 2.24) is 0 Å². The fourth-order valence-corrected chi connectivity index (χ4v) is 7.59. The van der Waals surface area contributed by atoms with Crippen molar-refractivity contribution in [2.45, 2.75) is 38.5 Å². The molecule has 2 aliphatic carbocycles. The fourth-order valence-electron chi connectivity index (χ4n) is 7.59. The molecule has 0 saturated carbocycles. The molecule has 0 amide bonds. The normalized spacial score (nSPS) is 14.1. The van der Waals surface area contributed by atoms with Crippen LogP contribution in [0.4, 0.5) is 0 Å². The Balaban J connectivity index is 0.000000155. The van der Waals surface area contributed by atoms with E-state index in [0.717, 1.165) is 22.3 Å². The smallest absolute Gasteiger partial charge is 0.120 e. The maximum atomic E-state index is 10.5. The largest absolute Gasteiger partial charge is 0.508 e. The van der Waals surface area contributed by atoms with E-state index in [1.54, 1.807) is 12.1 Å². The standard InChI is InChI=1S/2C21H18O.Zr/c2*1-14-11-12-20(22)19(13-14)21(2)17-9-5-3-7-15(17)16-8-4-6-10-18(16)21;/h2*3-13,22H,1-2H3;. The molecule has 8 rings (SSSR count). The molecule has 2 N–H and O–H groups in total. The molecule has 3 heteroatoms. The van der Waals surface area contributed by atoms with Crippen LogP contribution < -0.4 is 0 Å². The Morgan fingerprint density at radius 3 is 0.933 bits per heavy atom. The zero-order valence-electron chi connectivity index (χ0n) is 26.1. The van der Waals surface area contributed by atoms with Crippen LogP contribution in [-0.2, 0) is 37.0 Å². The average Bonchev–Trinajstić information content (AvgIpc) is 3.47. The van der Waals surface area contributed by atoms with Crippen LogP contribution in [0.1, 0.15) is 58.4 Å². The molecule has 6 aromatic carbocycles. The van der Waals surface area contributed by atoms with Crippen molar-refractivity contribution >= 4 is 0 Å². The summed E-state index contributed by atoms with van der Waals surface area (Å²) in [4.78, 5) is 0. The van der Waals surface area contributed by atoms with E-state index < -0.39 is 0 Å². The second-order valence-electron chi connectivity index (χ2n) is 12.5. The molecule has 0 saturated heterocycles. The Hall–Kier alpha value is -4.20. The van der Waals surface area contributed by atoms with Crippen LogP contribution in [0.15, 0.2) is 133 Å². The first kappa shape index (κ1) is 30.8. The molecule has 0 aliphatic heterocycles. The molecular formula is C42H36O2Zr. The van der Waals surface area contributed by atoms with E-state index in [2.05, 4.69) is 137 Å². The Morgan fingerprint density at radius 1 is 0.378 bits per heavy atom. The number of aryl methyl sites for hydroxylation is 2. The third-order valence-electron chi connectivity index (χ3n) is 9.82. The van der Waals surface area contributed by atoms with Gasteiger partial charge in [0, 0.05) is 48.2 Å². The number of aromatic hydroxyl groups is 2. The Kier molecular flexibility index (Phi) is 7.96. The zero-order valence-corrected chi connectivity index (χ0v) is 28.6. The molecule has 0 aromatic heterocycles. The van der Waals surface area contributed by atoms with Crippen molar-refractivity contribution in [2.24, 2.45) is 0 Å². The molecule has 220 valence electrons. The predicted molar refractivity (Wildman–Crippen MR) is 181 cm³/mol. The second kappa shape index (κ2) is 11.6. The van der Waals surface area contributed by atoms with Crippen LogP contribution in [-0.4, -0.2) is 10.2 Å². The van der Waals surface area contributed by atoms with E-state index in [1.807, 2.05) is 12.1 Å². The summed E-state index contributed by atoms with van der Waals surface area (Å²) in [5.74, 6) is 0.721. The summed E-state index contributed by atoms with van der Waals surface area (Å²) in [5.41, 5.74) is 13.8. The maximum absolute atomic E-state index is 10.5. The molecule has 2 nitrogen and oxygen atoms in total. The molecule has 45 heavy (non-hydrogen) atoms. The van der Waals surface area contributed by atoms with Gasteiger partial charge in [-0.3, -0.25) is 0 Å². The van der Waals surface area contributed by atoms with E-state index in [1.165, 1.54) is 44.5 Å². The van der Waals surface area contributed by atoms with E-state index in [-0.39, 0.29) is 37.0 Å². The van der Waals surface area contributed by atoms with E-state index in [9.17, 15) is 10.2 Å². The third-order valence-corrected chi connectivity index (χ3v) is 9.82. The van der Waals surface area contributed by atoms with Gasteiger partial charge in [0.05, 0.1) is 0 Å². The molecule has 0 spiro atoms. The first-order valence-corrected chi connectivity index (χ1v) is 15.2. The molecule has 0 bridgehead atoms. The SMILES string of the molecule is Cc1ccc(O)c(C2(C)c3ccccc3-c3ccccc32)c1.Cc1ccc(O)c(C2(C)c3ccccc3-c3ccccc32)c1.[Zr]. The number of phenols is 2. The number of hydrogen-bond acceptors (Lipinski definition) is 2. The van der Waals surface area contributed by atoms with Gasteiger partial charge in [0.2, 0.25) is 0 Å². The molecule has 2 aliphatic rings. The summed E-state index contributed by atoms with van der Waals surface area (Å²) in [7, 11) is 0. The van der Waals surface area contributed by atoms with Crippen molar-refractivity contribution in [3.63, 3.8) is 0 Å². The number of phenolic OH excluding ortho intramolecular Hbond substituents is 2. The predicted octanol–water partition coefficient (Wildman–Crippen LogP) is 10.1. The molecule has 0 radical (unpaired) electrons. The summed E-state index contributed by atoms with van der Waals surface area (Å²) in [6.45, 7) is 8.57. The molecule has 0 heterocycles. The van der Waals surface area contributed by atoms with Crippen LogP contribution in [0, 0.1) is 13.8 Å². The maximum Gasteiger partial charge on any atom is 0.120 e. The van der Waals surface area contributed by atoms with Crippen molar-refractivity contribution in [1.29, 1.82) is 0 Å². The third kappa shape index (κ3) is 4.72. The molecule has 0 fully saturated rings. The van der Waals surface area contributed by atoms with Gasteiger partial charge in [-0.1, -0.05) is 132 Å². The monoisotopic (exact) mass is 662 g/mol. The number of benzene rings is 6. The van der Waals surface area contributed by atoms with E-state index in [0.29, 0.717) is 11.5 Å². The second-order valence-corrected chi connectivity index (χ2v) is 12.5. The van der Waals surface area contributed by atoms with Gasteiger partial charge < -0.3 is 10.2 Å². The Labute approximate surface area is 285 Å². The average molecular weight is 664 g/mol. The minimum Gasteiger partial charge on any atom is -0.508 e. The van der Waals surface area contributed by atoms with Gasteiger partial charge in [0.15, 0.2) is 0 Å². The first-order chi connectivity index (χ1) is 21.2. The topological polar surface area (TPSA) is 40.5 Å². The number of rotatable bonds is 2. The molecule has 6 aromatic rings. The van der Waals surface area contributed by atoms with Gasteiger partial charge in [-0.2, -0.15) is 0 Å². The zero-order chi connectivity index (χ0) is 30.6. The first-order valence-electron chi connectivity index (χ1n) is 15.2. The minimum absolute atomic E-state index is 0. The van der Waals surface area contributed by atoms with Crippen LogP contribution in [0.3, 0.4) is 0 Å². The van der Waals surface area contributed by atoms with Gasteiger partial charge in [0.25, 0.3) is 0 Å². The molecular weight excluding hydrogens is 628 g/mol. The molecule has 0 unspecified atom stereocenters. The van der Waals surface area contributed by atoms with Crippen LogP contribution in [0.25, 0.3) is 22.3 Å². The van der Waals surface area contributed by atoms with Crippen LogP contribution >= 0.6 is 0 Å². The van der Waals surface area contributed by atoms with Crippen LogP contribution in [0.5, 0.6) is 11.5 Å².